The van der Waals surface area contributed by atoms with Crippen LogP contribution in [-0.2, 0) is 7.05 Å². The molecular formula is C8H12N4O3. The second kappa shape index (κ2) is 6.37. The predicted molar refractivity (Wildman–Crippen MR) is 50.6 cm³/mol. The Labute approximate surface area is 86.7 Å². The Morgan fingerprint density at radius 2 is 2.40 bits per heavy atom. The zero-order valence-corrected chi connectivity index (χ0v) is 8.49. The van der Waals surface area contributed by atoms with Gasteiger partial charge in [0.25, 0.3) is 5.09 Å². The van der Waals surface area contributed by atoms with Crippen LogP contribution in [0.1, 0.15) is 25.1 Å². The van der Waals surface area contributed by atoms with Crippen molar-refractivity contribution >= 4 is 0 Å². The summed E-state index contributed by atoms with van der Waals surface area (Å²) in [5.41, 5.74) is 0. The Kier molecular flexibility index (Phi) is 5.48. The van der Waals surface area contributed by atoms with Crippen molar-refractivity contribution in [2.75, 3.05) is 0 Å². The molecule has 0 amide bonds. The lowest BCUT2D eigenvalue weighted by atomic mass is 10.1. The average molecular weight is 212 g/mol. The fourth-order valence-corrected chi connectivity index (χ4v) is 1.04. The zero-order valence-electron chi connectivity index (χ0n) is 8.49. The van der Waals surface area contributed by atoms with Crippen LogP contribution in [0, 0.1) is 21.4 Å². The normalized spacial score (nSPS) is 10.7. The Morgan fingerprint density at radius 1 is 1.87 bits per heavy atom. The number of nitrogens with zero attached hydrogens (tertiary/aromatic N) is 4. The Balaban J connectivity index is 0.000000423. The largest absolute Gasteiger partial charge is 0.337 e. The first-order chi connectivity index (χ1) is 7.02. The van der Waals surface area contributed by atoms with Crippen LogP contribution >= 0.6 is 0 Å². The molecule has 0 aliphatic rings. The summed E-state index contributed by atoms with van der Waals surface area (Å²) in [6.45, 7) is 1.99. The minimum Gasteiger partial charge on any atom is -0.337 e. The molecule has 0 aliphatic carbocycles. The first kappa shape index (κ1) is 12.9. The molecule has 0 aliphatic heterocycles. The lowest BCUT2D eigenvalue weighted by Gasteiger charge is -2.04. The topological polar surface area (TPSA) is 105 Å². The molecule has 0 saturated heterocycles. The van der Waals surface area contributed by atoms with E-state index in [9.17, 15) is 0 Å². The van der Waals surface area contributed by atoms with E-state index in [1.165, 1.54) is 0 Å². The molecule has 1 N–H and O–H groups in total. The molecule has 1 rings (SSSR count). The summed E-state index contributed by atoms with van der Waals surface area (Å²) in [6, 6.07) is 2.21. The van der Waals surface area contributed by atoms with Gasteiger partial charge in [-0.05, 0) is 6.42 Å². The molecule has 7 heteroatoms. The molecule has 82 valence electrons. The van der Waals surface area contributed by atoms with Gasteiger partial charge in [0.1, 0.15) is 11.7 Å². The van der Waals surface area contributed by atoms with Gasteiger partial charge in [-0.1, -0.05) is 6.92 Å². The molecule has 1 atom stereocenters. The molecule has 0 spiro atoms. The summed E-state index contributed by atoms with van der Waals surface area (Å²) in [5, 5.41) is 22.4. The lowest BCUT2D eigenvalue weighted by Crippen LogP contribution is -2.02. The van der Waals surface area contributed by atoms with E-state index in [0.717, 1.165) is 12.2 Å². The number of hydrogen-bond acceptors (Lipinski definition) is 4. The smallest absolute Gasteiger partial charge is 0.291 e. The Hall–Kier alpha value is -2.10. The number of aromatic nitrogens is 2. The van der Waals surface area contributed by atoms with Crippen molar-refractivity contribution in [1.29, 1.82) is 5.26 Å². The van der Waals surface area contributed by atoms with Crippen LogP contribution in [0.5, 0.6) is 0 Å². The summed E-state index contributed by atoms with van der Waals surface area (Å²) in [6.07, 6.45) is 4.39. The highest BCUT2D eigenvalue weighted by Gasteiger charge is 2.11. The summed E-state index contributed by atoms with van der Waals surface area (Å²) in [5.74, 6) is 0.796. The van der Waals surface area contributed by atoms with Crippen LogP contribution in [0.2, 0.25) is 0 Å². The second-order valence-electron chi connectivity index (χ2n) is 2.72. The number of rotatable bonds is 2. The van der Waals surface area contributed by atoms with Crippen molar-refractivity contribution in [2.45, 2.75) is 19.3 Å². The monoisotopic (exact) mass is 212 g/mol. The molecular weight excluding hydrogens is 200 g/mol. The molecule has 1 unspecified atom stereocenters. The van der Waals surface area contributed by atoms with E-state index >= 15 is 0 Å². The van der Waals surface area contributed by atoms with Crippen molar-refractivity contribution in [1.82, 2.24) is 9.55 Å². The van der Waals surface area contributed by atoms with Crippen molar-refractivity contribution < 1.29 is 10.3 Å². The maximum Gasteiger partial charge on any atom is 0.291 e. The molecule has 0 radical (unpaired) electrons. The van der Waals surface area contributed by atoms with Crippen molar-refractivity contribution in [3.05, 3.63) is 28.3 Å². The van der Waals surface area contributed by atoms with E-state index in [4.69, 9.17) is 20.6 Å². The standard InChI is InChI=1S/C8H11N3.HNO3/c1-3-7(6-9)8-10-4-5-11(8)2;2-1(3)4/h4-5,7H,3H2,1-2H3;(H,2,3,4). The van der Waals surface area contributed by atoms with E-state index in [0.29, 0.717) is 0 Å². The first-order valence-corrected chi connectivity index (χ1v) is 4.23. The fraction of sp³-hybridized carbons (Fsp3) is 0.500. The predicted octanol–water partition coefficient (Wildman–Crippen LogP) is 1.09. The van der Waals surface area contributed by atoms with Gasteiger partial charge in [0.15, 0.2) is 0 Å². The van der Waals surface area contributed by atoms with E-state index in [-0.39, 0.29) is 5.92 Å². The number of nitriles is 1. The highest BCUT2D eigenvalue weighted by atomic mass is 16.9. The molecule has 0 aromatic carbocycles. The van der Waals surface area contributed by atoms with Gasteiger partial charge in [0, 0.05) is 19.4 Å². The summed E-state index contributed by atoms with van der Waals surface area (Å²) >= 11 is 0. The number of aryl methyl sites for hydroxylation is 1. The zero-order chi connectivity index (χ0) is 11.8. The maximum absolute atomic E-state index is 8.72. The molecule has 7 nitrogen and oxygen atoms in total. The van der Waals surface area contributed by atoms with Crippen LogP contribution in [0.3, 0.4) is 0 Å². The van der Waals surface area contributed by atoms with Crippen molar-refractivity contribution in [3.8, 4) is 6.07 Å². The maximum atomic E-state index is 8.72. The van der Waals surface area contributed by atoms with Crippen LogP contribution in [-0.4, -0.2) is 19.8 Å². The van der Waals surface area contributed by atoms with Gasteiger partial charge in [-0.3, -0.25) is 0 Å². The van der Waals surface area contributed by atoms with E-state index in [1.807, 2.05) is 24.7 Å². The lowest BCUT2D eigenvalue weighted by molar-refractivity contribution is -0.742. The van der Waals surface area contributed by atoms with Gasteiger partial charge in [0.05, 0.1) is 6.07 Å². The van der Waals surface area contributed by atoms with Crippen LogP contribution in [0.4, 0.5) is 0 Å². The third-order valence-corrected chi connectivity index (χ3v) is 1.73. The van der Waals surface area contributed by atoms with Crippen LogP contribution in [0.25, 0.3) is 0 Å². The average Bonchev–Trinajstić information content (AvgIpc) is 2.54. The molecule has 0 bridgehead atoms. The van der Waals surface area contributed by atoms with Gasteiger partial charge in [-0.2, -0.15) is 5.26 Å². The van der Waals surface area contributed by atoms with Gasteiger partial charge in [0.2, 0.25) is 0 Å². The SMILES string of the molecule is CCC(C#N)c1nccn1C.O=[N+]([O-])O. The number of imidazole rings is 1. The Morgan fingerprint density at radius 3 is 2.67 bits per heavy atom. The Bertz CT molecular complexity index is 351. The minimum atomic E-state index is -1.50. The van der Waals surface area contributed by atoms with Gasteiger partial charge in [-0.25, -0.2) is 4.98 Å². The van der Waals surface area contributed by atoms with Crippen LogP contribution in [0.15, 0.2) is 12.4 Å². The molecule has 1 aromatic heterocycles. The quantitative estimate of drug-likeness (QED) is 0.583. The molecule has 0 saturated carbocycles. The van der Waals surface area contributed by atoms with Gasteiger partial charge >= 0.3 is 0 Å². The summed E-state index contributed by atoms with van der Waals surface area (Å²) in [4.78, 5) is 12.5. The highest BCUT2D eigenvalue weighted by molar-refractivity contribution is 5.09. The van der Waals surface area contributed by atoms with Gasteiger partial charge in [-0.15, -0.1) is 10.1 Å². The van der Waals surface area contributed by atoms with Gasteiger partial charge < -0.3 is 9.77 Å². The van der Waals surface area contributed by atoms with E-state index in [2.05, 4.69) is 11.1 Å². The highest BCUT2D eigenvalue weighted by Crippen LogP contribution is 2.14. The van der Waals surface area contributed by atoms with Crippen molar-refractivity contribution in [3.63, 3.8) is 0 Å². The third kappa shape index (κ3) is 4.61. The van der Waals surface area contributed by atoms with E-state index < -0.39 is 5.09 Å². The first-order valence-electron chi connectivity index (χ1n) is 4.23. The number of hydrogen-bond donors (Lipinski definition) is 1. The molecule has 1 aromatic rings. The fourth-order valence-electron chi connectivity index (χ4n) is 1.04. The molecule has 1 heterocycles. The van der Waals surface area contributed by atoms with Crippen molar-refractivity contribution in [2.24, 2.45) is 7.05 Å². The second-order valence-corrected chi connectivity index (χ2v) is 2.72. The minimum absolute atomic E-state index is 0.0602. The van der Waals surface area contributed by atoms with Crippen LogP contribution < -0.4 is 0 Å². The summed E-state index contributed by atoms with van der Waals surface area (Å²) in [7, 11) is 1.91. The molecule has 15 heavy (non-hydrogen) atoms. The van der Waals surface area contributed by atoms with E-state index in [1.54, 1.807) is 6.20 Å². The molecule has 0 fully saturated rings. The summed E-state index contributed by atoms with van der Waals surface area (Å²) < 4.78 is 1.89. The third-order valence-electron chi connectivity index (χ3n) is 1.73.